The lowest BCUT2D eigenvalue weighted by Crippen LogP contribution is -2.58. The largest absolute Gasteiger partial charge is 0.455 e. The number of halogens is 1. The van der Waals surface area contributed by atoms with E-state index in [4.69, 9.17) is 9.47 Å². The van der Waals surface area contributed by atoms with E-state index in [2.05, 4.69) is 53.2 Å². The average Bonchev–Trinajstić information content (AvgIpc) is 3.75. The number of esters is 1. The van der Waals surface area contributed by atoms with Gasteiger partial charge in [-0.3, -0.25) is 19.2 Å². The van der Waals surface area contributed by atoms with Crippen molar-refractivity contribution in [1.82, 2.24) is 10.2 Å². The molecule has 11 nitrogen and oxygen atoms in total. The number of ether oxygens (including phenoxy) is 2. The summed E-state index contributed by atoms with van der Waals surface area (Å²) in [6.07, 6.45) is 2.71. The van der Waals surface area contributed by atoms with E-state index in [-0.39, 0.29) is 29.6 Å². The highest BCUT2D eigenvalue weighted by Crippen LogP contribution is 2.61. The molecule has 2 N–H and O–H groups in total. The van der Waals surface area contributed by atoms with Crippen molar-refractivity contribution in [2.75, 3.05) is 36.0 Å². The first-order chi connectivity index (χ1) is 25.0. The molecular weight excluding hydrogens is 728 g/mol. The van der Waals surface area contributed by atoms with Crippen LogP contribution in [-0.2, 0) is 28.7 Å². The first-order valence-electron chi connectivity index (χ1n) is 18.2. The van der Waals surface area contributed by atoms with Crippen LogP contribution in [0.1, 0.15) is 58.6 Å². The molecule has 0 aromatic heterocycles. The Kier molecular flexibility index (Phi) is 12.6. The molecule has 0 aliphatic carbocycles. The molecule has 9 atom stereocenters. The van der Waals surface area contributed by atoms with Crippen molar-refractivity contribution in [3.8, 4) is 0 Å². The van der Waals surface area contributed by atoms with Crippen molar-refractivity contribution in [3.63, 3.8) is 0 Å². The molecule has 1 spiro atoms. The molecule has 0 saturated carbocycles. The smallest absolute Gasteiger partial charge is 0.313 e. The number of nitrogens with one attached hydrogen (secondary N) is 1. The van der Waals surface area contributed by atoms with Crippen LogP contribution in [0.15, 0.2) is 79.9 Å². The summed E-state index contributed by atoms with van der Waals surface area (Å²) < 4.78 is 13.0. The zero-order valence-corrected chi connectivity index (χ0v) is 32.0. The number of carbonyl (C=O) groups excluding carboxylic acids is 4. The predicted molar refractivity (Wildman–Crippen MR) is 204 cm³/mol. The maximum Gasteiger partial charge on any atom is 0.313 e. The Balaban J connectivity index is 1.50. The highest BCUT2D eigenvalue weighted by molar-refractivity contribution is 9.09. The number of likely N-dealkylation sites (tertiary alicyclic amines) is 1. The maximum absolute atomic E-state index is 14.9. The van der Waals surface area contributed by atoms with Gasteiger partial charge in [-0.1, -0.05) is 58.4 Å². The zero-order valence-electron chi connectivity index (χ0n) is 30.4. The van der Waals surface area contributed by atoms with Gasteiger partial charge in [-0.2, -0.15) is 0 Å². The maximum atomic E-state index is 14.9. The fraction of sp³-hybridized carbons (Fsp3) is 0.500. The van der Waals surface area contributed by atoms with E-state index in [1.165, 1.54) is 4.90 Å². The number of hydrogen-bond donors (Lipinski definition) is 2. The highest BCUT2D eigenvalue weighted by Gasteiger charge is 2.77. The third-order valence-electron chi connectivity index (χ3n) is 10.6. The van der Waals surface area contributed by atoms with Gasteiger partial charge < -0.3 is 34.6 Å². The van der Waals surface area contributed by atoms with Crippen LogP contribution in [0.3, 0.4) is 0 Å². The minimum absolute atomic E-state index is 0.165. The number of carbonyl (C=O) groups is 4. The number of rotatable bonds is 17. The topological polar surface area (TPSA) is 129 Å². The van der Waals surface area contributed by atoms with Crippen molar-refractivity contribution in [2.45, 2.75) is 87.7 Å². The number of nitrogens with zero attached hydrogens (tertiary/aromatic N) is 3. The monoisotopic (exact) mass is 778 g/mol. The van der Waals surface area contributed by atoms with Crippen molar-refractivity contribution in [3.05, 3.63) is 85.5 Å². The number of allylic oxidation sites excluding steroid dienone is 1. The van der Waals surface area contributed by atoms with Crippen molar-refractivity contribution in [2.24, 2.45) is 11.8 Å². The number of aliphatic hydroxyl groups is 1. The number of aliphatic hydroxyl groups excluding tert-OH is 1. The van der Waals surface area contributed by atoms with Crippen LogP contribution in [0.4, 0.5) is 11.4 Å². The minimum atomic E-state index is -1.37. The number of alkyl halides is 1. The fourth-order valence-corrected chi connectivity index (χ4v) is 9.09. The van der Waals surface area contributed by atoms with Gasteiger partial charge in [0.15, 0.2) is 0 Å². The van der Waals surface area contributed by atoms with Gasteiger partial charge in [-0.05, 0) is 70.4 Å². The van der Waals surface area contributed by atoms with Gasteiger partial charge in [0.05, 0.1) is 36.6 Å². The molecule has 3 heterocycles. The molecule has 280 valence electrons. The molecule has 3 fully saturated rings. The number of fused-ring (bicyclic) bond motifs is 1. The first kappa shape index (κ1) is 39.2. The fourth-order valence-electron chi connectivity index (χ4n) is 8.15. The Morgan fingerprint density at radius 3 is 2.33 bits per heavy atom. The lowest BCUT2D eigenvalue weighted by molar-refractivity contribution is -0.162. The van der Waals surface area contributed by atoms with Crippen LogP contribution in [0.2, 0.25) is 0 Å². The molecular formula is C40H51BrN4O7. The van der Waals surface area contributed by atoms with Gasteiger partial charge in [0.25, 0.3) is 5.91 Å². The molecule has 1 unspecified atom stereocenters. The van der Waals surface area contributed by atoms with Gasteiger partial charge in [0, 0.05) is 42.3 Å². The molecule has 2 aromatic rings. The van der Waals surface area contributed by atoms with E-state index in [0.29, 0.717) is 24.1 Å². The number of benzene rings is 2. The Hall–Kier alpha value is -4.00. The Bertz CT molecular complexity index is 1620. The van der Waals surface area contributed by atoms with E-state index in [9.17, 15) is 24.3 Å². The van der Waals surface area contributed by atoms with E-state index < -0.39 is 66.3 Å². The second-order valence-corrected chi connectivity index (χ2v) is 15.0. The van der Waals surface area contributed by atoms with Crippen LogP contribution < -0.4 is 15.1 Å². The molecule has 3 aliphatic heterocycles. The summed E-state index contributed by atoms with van der Waals surface area (Å²) in [4.78, 5) is 61.5. The van der Waals surface area contributed by atoms with Gasteiger partial charge in [0.2, 0.25) is 11.8 Å². The zero-order chi connectivity index (χ0) is 37.7. The number of anilines is 2. The summed E-state index contributed by atoms with van der Waals surface area (Å²) in [6, 6.07) is 14.3. The third kappa shape index (κ3) is 7.30. The molecule has 12 heteroatoms. The third-order valence-corrected chi connectivity index (χ3v) is 11.5. The standard InChI is InChI=1S/C40H51BrN4O7/c1-7-11-17-31(47)42-26(6)34(27-15-13-12-14-16-27)51-39(50)32-33-37(48)45(25(5)24-46)36(40(33)23-30(41)35(32)52-40)38(49)44(22-8-2)29-20-18-28(19-21-29)43(9-3)10-4/h7-8,12-16,18-21,25-26,30,32-36,46H,1-2,9-11,17,22-24H2,3-6H3,(H,42,47)/t25-,26-,30?,32+,33-,34-,35+,36+,40-/m1/s1. The van der Waals surface area contributed by atoms with E-state index in [1.54, 1.807) is 30.9 Å². The summed E-state index contributed by atoms with van der Waals surface area (Å²) >= 11 is 3.73. The summed E-state index contributed by atoms with van der Waals surface area (Å²) in [7, 11) is 0. The van der Waals surface area contributed by atoms with Gasteiger partial charge in [-0.25, -0.2) is 0 Å². The Morgan fingerprint density at radius 2 is 1.73 bits per heavy atom. The van der Waals surface area contributed by atoms with Gasteiger partial charge in [-0.15, -0.1) is 13.2 Å². The van der Waals surface area contributed by atoms with Crippen LogP contribution in [0.25, 0.3) is 0 Å². The molecule has 5 rings (SSSR count). The van der Waals surface area contributed by atoms with Crippen LogP contribution >= 0.6 is 15.9 Å². The second kappa shape index (κ2) is 16.8. The number of amides is 3. The van der Waals surface area contributed by atoms with Crippen LogP contribution in [0, 0.1) is 11.8 Å². The second-order valence-electron chi connectivity index (χ2n) is 13.8. The molecule has 2 bridgehead atoms. The lowest BCUT2D eigenvalue weighted by atomic mass is 9.70. The first-order valence-corrected chi connectivity index (χ1v) is 19.1. The van der Waals surface area contributed by atoms with E-state index >= 15 is 0 Å². The summed E-state index contributed by atoms with van der Waals surface area (Å²) in [5.41, 5.74) is 0.951. The van der Waals surface area contributed by atoms with Crippen LogP contribution in [-0.4, -0.2) is 94.6 Å². The van der Waals surface area contributed by atoms with Crippen molar-refractivity contribution < 1.29 is 33.8 Å². The Morgan fingerprint density at radius 1 is 1.08 bits per heavy atom. The molecule has 3 saturated heterocycles. The Labute approximate surface area is 315 Å². The summed E-state index contributed by atoms with van der Waals surface area (Å²) in [6.45, 7) is 16.6. The SMILES string of the molecule is C=CCCC(=O)N[C@H](C)[C@@H](OC(=O)[C@@H]1[C@H]2O[C@@]3(CC2Br)[C@H](C(=O)N(CC=C)c2ccc(N(CC)CC)cc2)N([C@H](C)CO)C(=O)[C@@H]13)c1ccccc1. The van der Waals surface area contributed by atoms with Gasteiger partial charge in [0.1, 0.15) is 17.7 Å². The van der Waals surface area contributed by atoms with Gasteiger partial charge >= 0.3 is 5.97 Å². The quantitative estimate of drug-likeness (QED) is 0.132. The molecule has 2 aromatic carbocycles. The average molecular weight is 780 g/mol. The van der Waals surface area contributed by atoms with Crippen molar-refractivity contribution >= 4 is 51.0 Å². The van der Waals surface area contributed by atoms with Crippen LogP contribution in [0.5, 0.6) is 0 Å². The normalized spacial score (nSPS) is 26.2. The minimum Gasteiger partial charge on any atom is -0.455 e. The molecule has 3 amide bonds. The predicted octanol–water partition coefficient (Wildman–Crippen LogP) is 4.94. The molecule has 52 heavy (non-hydrogen) atoms. The van der Waals surface area contributed by atoms with E-state index in [0.717, 1.165) is 18.8 Å². The molecule has 0 radical (unpaired) electrons. The molecule has 3 aliphatic rings. The number of hydrogen-bond acceptors (Lipinski definition) is 8. The highest BCUT2D eigenvalue weighted by atomic mass is 79.9. The van der Waals surface area contributed by atoms with E-state index in [1.807, 2.05) is 54.6 Å². The van der Waals surface area contributed by atoms with Crippen molar-refractivity contribution in [1.29, 1.82) is 0 Å². The summed E-state index contributed by atoms with van der Waals surface area (Å²) in [5.74, 6) is -3.78. The lowest BCUT2D eigenvalue weighted by Gasteiger charge is -2.38. The summed E-state index contributed by atoms with van der Waals surface area (Å²) in [5, 5.41) is 13.3.